The summed E-state index contributed by atoms with van der Waals surface area (Å²) in [4.78, 5) is 24.6. The van der Waals surface area contributed by atoms with E-state index in [4.69, 9.17) is 4.98 Å². The van der Waals surface area contributed by atoms with Crippen LogP contribution in [0.2, 0.25) is 0 Å². The maximum Gasteiger partial charge on any atom is 0.253 e. The molecule has 38 heavy (non-hydrogen) atoms. The number of aryl methyl sites for hydroxylation is 1. The number of halogens is 1. The van der Waals surface area contributed by atoms with Crippen molar-refractivity contribution in [2.75, 3.05) is 51.2 Å². The second kappa shape index (κ2) is 11.8. The molecule has 6 nitrogen and oxygen atoms in total. The second-order valence-electron chi connectivity index (χ2n) is 10.2. The van der Waals surface area contributed by atoms with E-state index in [2.05, 4.69) is 39.6 Å². The average Bonchev–Trinajstić information content (AvgIpc) is 3.11. The fourth-order valence-corrected chi connectivity index (χ4v) is 5.46. The number of para-hydroxylation sites is 2. The van der Waals surface area contributed by atoms with E-state index < -0.39 is 0 Å². The second-order valence-corrected chi connectivity index (χ2v) is 10.2. The standard InChI is InChI=1S/C31H36FN5O/c1-34(30(38)25-9-4-3-5-10-25)23-26(24-13-15-27(32)16-14-24)17-20-36-18-8-19-37(22-21-36)31-33-28-11-6-7-12-29(28)35(31)2/h3-7,9-16,26H,8,17-23H2,1-2H3. The Morgan fingerprint density at radius 2 is 1.68 bits per heavy atom. The molecule has 0 spiro atoms. The smallest absolute Gasteiger partial charge is 0.253 e. The molecule has 0 radical (unpaired) electrons. The molecule has 0 aliphatic carbocycles. The van der Waals surface area contributed by atoms with Crippen LogP contribution in [0.25, 0.3) is 11.0 Å². The number of fused-ring (bicyclic) bond motifs is 1. The van der Waals surface area contributed by atoms with Gasteiger partial charge in [-0.15, -0.1) is 0 Å². The number of anilines is 1. The molecule has 1 amide bonds. The summed E-state index contributed by atoms with van der Waals surface area (Å²) in [6.07, 6.45) is 1.96. The first kappa shape index (κ1) is 25.9. The highest BCUT2D eigenvalue weighted by Gasteiger charge is 2.23. The lowest BCUT2D eigenvalue weighted by Gasteiger charge is -2.28. The Morgan fingerprint density at radius 3 is 2.45 bits per heavy atom. The third-order valence-electron chi connectivity index (χ3n) is 7.63. The summed E-state index contributed by atoms with van der Waals surface area (Å²) in [5, 5.41) is 0. The van der Waals surface area contributed by atoms with Gasteiger partial charge in [0.05, 0.1) is 11.0 Å². The van der Waals surface area contributed by atoms with Gasteiger partial charge in [0.15, 0.2) is 0 Å². The summed E-state index contributed by atoms with van der Waals surface area (Å²) in [5.74, 6) is 0.909. The fourth-order valence-electron chi connectivity index (χ4n) is 5.46. The van der Waals surface area contributed by atoms with Crippen molar-refractivity contribution < 1.29 is 9.18 Å². The molecule has 1 atom stereocenters. The molecule has 0 N–H and O–H groups in total. The highest BCUT2D eigenvalue weighted by molar-refractivity contribution is 5.94. The van der Waals surface area contributed by atoms with Gasteiger partial charge in [-0.3, -0.25) is 4.79 Å². The number of amides is 1. The fraction of sp³-hybridized carbons (Fsp3) is 0.355. The Balaban J connectivity index is 1.24. The summed E-state index contributed by atoms with van der Waals surface area (Å²) >= 11 is 0. The van der Waals surface area contributed by atoms with Crippen LogP contribution in [0, 0.1) is 5.82 Å². The van der Waals surface area contributed by atoms with Gasteiger partial charge in [-0.25, -0.2) is 9.37 Å². The largest absolute Gasteiger partial charge is 0.341 e. The lowest BCUT2D eigenvalue weighted by atomic mass is 9.94. The van der Waals surface area contributed by atoms with Crippen LogP contribution in [0.4, 0.5) is 10.3 Å². The van der Waals surface area contributed by atoms with Crippen LogP contribution in [0.15, 0.2) is 78.9 Å². The van der Waals surface area contributed by atoms with Gasteiger partial charge in [0.25, 0.3) is 5.91 Å². The van der Waals surface area contributed by atoms with Crippen LogP contribution in [0.3, 0.4) is 0 Å². The van der Waals surface area contributed by atoms with Crippen molar-refractivity contribution in [1.29, 1.82) is 0 Å². The molecule has 3 aromatic carbocycles. The Kier molecular flexibility index (Phi) is 8.03. The van der Waals surface area contributed by atoms with Crippen molar-refractivity contribution in [2.24, 2.45) is 7.05 Å². The number of carbonyl (C=O) groups is 1. The third kappa shape index (κ3) is 5.89. The topological polar surface area (TPSA) is 44.6 Å². The molecule has 2 heterocycles. The van der Waals surface area contributed by atoms with E-state index in [-0.39, 0.29) is 17.6 Å². The Morgan fingerprint density at radius 1 is 0.947 bits per heavy atom. The number of hydrogen-bond donors (Lipinski definition) is 0. The van der Waals surface area contributed by atoms with E-state index in [0.29, 0.717) is 12.1 Å². The van der Waals surface area contributed by atoms with Gasteiger partial charge in [-0.1, -0.05) is 42.5 Å². The van der Waals surface area contributed by atoms with Crippen LogP contribution >= 0.6 is 0 Å². The maximum absolute atomic E-state index is 13.7. The molecule has 1 unspecified atom stereocenters. The summed E-state index contributed by atoms with van der Waals surface area (Å²) < 4.78 is 15.9. The SMILES string of the molecule is CN(CC(CCN1CCCN(c2nc3ccccc3n2C)CC1)c1ccc(F)cc1)C(=O)c1ccccc1. The van der Waals surface area contributed by atoms with Gasteiger partial charge < -0.3 is 19.3 Å². The normalized spacial score (nSPS) is 15.4. The van der Waals surface area contributed by atoms with Gasteiger partial charge in [0.2, 0.25) is 5.95 Å². The van der Waals surface area contributed by atoms with E-state index in [1.165, 1.54) is 12.1 Å². The van der Waals surface area contributed by atoms with E-state index in [9.17, 15) is 9.18 Å². The minimum Gasteiger partial charge on any atom is -0.341 e. The molecular weight excluding hydrogens is 477 g/mol. The van der Waals surface area contributed by atoms with Crippen LogP contribution in [-0.2, 0) is 7.05 Å². The summed E-state index contributed by atoms with van der Waals surface area (Å²) in [6.45, 7) is 5.38. The highest BCUT2D eigenvalue weighted by Crippen LogP contribution is 2.25. The molecule has 1 aliphatic heterocycles. The van der Waals surface area contributed by atoms with Crippen LogP contribution in [0.5, 0.6) is 0 Å². The number of nitrogens with zero attached hydrogens (tertiary/aromatic N) is 5. The minimum absolute atomic E-state index is 0.00517. The molecule has 1 aliphatic rings. The van der Waals surface area contributed by atoms with Crippen molar-refractivity contribution in [2.45, 2.75) is 18.8 Å². The van der Waals surface area contributed by atoms with Gasteiger partial charge in [-0.2, -0.15) is 0 Å². The van der Waals surface area contributed by atoms with Gasteiger partial charge in [0.1, 0.15) is 5.82 Å². The first-order valence-electron chi connectivity index (χ1n) is 13.4. The minimum atomic E-state index is -0.240. The van der Waals surface area contributed by atoms with Crippen LogP contribution < -0.4 is 4.90 Å². The Labute approximate surface area is 224 Å². The monoisotopic (exact) mass is 513 g/mol. The van der Waals surface area contributed by atoms with Gasteiger partial charge in [0, 0.05) is 51.8 Å². The van der Waals surface area contributed by atoms with Crippen molar-refractivity contribution in [3.05, 3.63) is 95.8 Å². The van der Waals surface area contributed by atoms with Gasteiger partial charge in [-0.05, 0) is 67.9 Å². The molecule has 0 bridgehead atoms. The zero-order valence-corrected chi connectivity index (χ0v) is 22.3. The van der Waals surface area contributed by atoms with E-state index in [1.54, 1.807) is 4.90 Å². The number of carbonyl (C=O) groups excluding carboxylic acids is 1. The molecule has 4 aromatic rings. The van der Waals surface area contributed by atoms with Crippen molar-refractivity contribution in [3.63, 3.8) is 0 Å². The van der Waals surface area contributed by atoms with E-state index in [0.717, 1.165) is 68.1 Å². The summed E-state index contributed by atoms with van der Waals surface area (Å²) in [6, 6.07) is 24.4. The summed E-state index contributed by atoms with van der Waals surface area (Å²) in [5.41, 5.74) is 3.93. The molecule has 1 saturated heterocycles. The molecule has 5 rings (SSSR count). The lowest BCUT2D eigenvalue weighted by Crippen LogP contribution is -2.35. The predicted octanol–water partition coefficient (Wildman–Crippen LogP) is 5.17. The molecule has 0 saturated carbocycles. The molecule has 198 valence electrons. The number of aromatic nitrogens is 2. The quantitative estimate of drug-likeness (QED) is 0.326. The maximum atomic E-state index is 13.7. The molecular formula is C31H36FN5O. The zero-order valence-electron chi connectivity index (χ0n) is 22.3. The number of imidazole rings is 1. The first-order chi connectivity index (χ1) is 18.5. The number of likely N-dealkylation sites (N-methyl/N-ethyl adjacent to an activating group) is 1. The van der Waals surface area contributed by atoms with Crippen molar-refractivity contribution >= 4 is 22.9 Å². The van der Waals surface area contributed by atoms with Crippen LogP contribution in [-0.4, -0.2) is 71.6 Å². The Bertz CT molecular complexity index is 1350. The lowest BCUT2D eigenvalue weighted by molar-refractivity contribution is 0.0782. The van der Waals surface area contributed by atoms with Crippen molar-refractivity contribution in [3.8, 4) is 0 Å². The molecule has 1 aromatic heterocycles. The number of hydrogen-bond acceptors (Lipinski definition) is 4. The zero-order chi connectivity index (χ0) is 26.5. The van der Waals surface area contributed by atoms with E-state index in [1.807, 2.05) is 55.6 Å². The first-order valence-corrected chi connectivity index (χ1v) is 13.4. The molecule has 1 fully saturated rings. The number of rotatable bonds is 8. The molecule has 7 heteroatoms. The van der Waals surface area contributed by atoms with Gasteiger partial charge >= 0.3 is 0 Å². The van der Waals surface area contributed by atoms with Crippen LogP contribution in [0.1, 0.15) is 34.7 Å². The van der Waals surface area contributed by atoms with E-state index >= 15 is 0 Å². The predicted molar refractivity (Wildman–Crippen MR) is 151 cm³/mol. The Hall–Kier alpha value is -3.71. The van der Waals surface area contributed by atoms with Crippen molar-refractivity contribution in [1.82, 2.24) is 19.4 Å². The number of benzene rings is 3. The summed E-state index contributed by atoms with van der Waals surface area (Å²) in [7, 11) is 3.94. The third-order valence-corrected chi connectivity index (χ3v) is 7.63. The highest BCUT2D eigenvalue weighted by atomic mass is 19.1. The average molecular weight is 514 g/mol.